The summed E-state index contributed by atoms with van der Waals surface area (Å²) in [5.74, 6) is 5.65. The number of nitro benzene ring substituents is 1. The van der Waals surface area contributed by atoms with Gasteiger partial charge in [-0.05, 0) is 6.07 Å². The Bertz CT molecular complexity index is 388. The van der Waals surface area contributed by atoms with Crippen LogP contribution in [-0.4, -0.2) is 36.1 Å². The highest BCUT2D eigenvalue weighted by Crippen LogP contribution is 2.27. The lowest BCUT2D eigenvalue weighted by Crippen LogP contribution is -2.49. The van der Waals surface area contributed by atoms with Gasteiger partial charge < -0.3 is 4.90 Å². The van der Waals surface area contributed by atoms with Crippen LogP contribution in [0.3, 0.4) is 0 Å². The number of hydrogen-bond donors (Lipinski definition) is 1. The van der Waals surface area contributed by atoms with Gasteiger partial charge in [-0.25, -0.2) is 5.01 Å². The van der Waals surface area contributed by atoms with Crippen LogP contribution < -0.4 is 10.7 Å². The minimum Gasteiger partial charge on any atom is -0.363 e. The first-order valence-corrected chi connectivity index (χ1v) is 5.16. The second-order valence-electron chi connectivity index (χ2n) is 3.77. The standard InChI is InChI=1S/C10H14N4O2/c11-13-7-5-12(6-8-13)9-3-1-2-4-10(9)14(15)16/h1-4H,5-8,11H2. The number of benzene rings is 1. The van der Waals surface area contributed by atoms with Crippen molar-refractivity contribution in [1.82, 2.24) is 5.01 Å². The zero-order valence-electron chi connectivity index (χ0n) is 8.87. The first kappa shape index (κ1) is 10.8. The van der Waals surface area contributed by atoms with E-state index in [1.54, 1.807) is 17.1 Å². The Hall–Kier alpha value is -1.66. The van der Waals surface area contributed by atoms with Gasteiger partial charge in [0.2, 0.25) is 0 Å². The molecule has 1 aliphatic rings. The lowest BCUT2D eigenvalue weighted by atomic mass is 10.2. The van der Waals surface area contributed by atoms with Gasteiger partial charge in [0.1, 0.15) is 5.69 Å². The highest BCUT2D eigenvalue weighted by Gasteiger charge is 2.21. The molecule has 1 fully saturated rings. The average molecular weight is 222 g/mol. The van der Waals surface area contributed by atoms with Crippen LogP contribution in [0.1, 0.15) is 0 Å². The Kier molecular flexibility index (Phi) is 3.02. The number of hydrazine groups is 1. The molecule has 86 valence electrons. The first-order chi connectivity index (χ1) is 7.68. The van der Waals surface area contributed by atoms with E-state index < -0.39 is 0 Å². The van der Waals surface area contributed by atoms with E-state index in [1.165, 1.54) is 6.07 Å². The summed E-state index contributed by atoms with van der Waals surface area (Å²) in [6, 6.07) is 6.81. The van der Waals surface area contributed by atoms with Crippen LogP contribution >= 0.6 is 0 Å². The van der Waals surface area contributed by atoms with Crippen molar-refractivity contribution in [3.8, 4) is 0 Å². The molecule has 0 unspecified atom stereocenters. The Balaban J connectivity index is 2.23. The van der Waals surface area contributed by atoms with Crippen molar-refractivity contribution < 1.29 is 4.92 Å². The van der Waals surface area contributed by atoms with Crippen molar-refractivity contribution in [2.24, 2.45) is 5.84 Å². The number of nitrogens with zero attached hydrogens (tertiary/aromatic N) is 3. The van der Waals surface area contributed by atoms with E-state index in [1.807, 2.05) is 11.0 Å². The first-order valence-electron chi connectivity index (χ1n) is 5.16. The molecule has 16 heavy (non-hydrogen) atoms. The summed E-state index contributed by atoms with van der Waals surface area (Å²) in [5, 5.41) is 12.6. The van der Waals surface area contributed by atoms with Gasteiger partial charge in [0.15, 0.2) is 0 Å². The molecule has 1 saturated heterocycles. The largest absolute Gasteiger partial charge is 0.363 e. The minimum absolute atomic E-state index is 0.160. The highest BCUT2D eigenvalue weighted by molar-refractivity contribution is 5.63. The summed E-state index contributed by atoms with van der Waals surface area (Å²) in [6.45, 7) is 2.90. The summed E-state index contributed by atoms with van der Waals surface area (Å²) >= 11 is 0. The average Bonchev–Trinajstić information content (AvgIpc) is 2.30. The van der Waals surface area contributed by atoms with Crippen LogP contribution in [0, 0.1) is 10.1 Å². The van der Waals surface area contributed by atoms with E-state index in [2.05, 4.69) is 0 Å². The molecule has 1 heterocycles. The molecule has 0 bridgehead atoms. The predicted molar refractivity (Wildman–Crippen MR) is 61.1 cm³/mol. The van der Waals surface area contributed by atoms with Gasteiger partial charge in [-0.15, -0.1) is 0 Å². The summed E-state index contributed by atoms with van der Waals surface area (Å²) in [6.07, 6.45) is 0. The summed E-state index contributed by atoms with van der Waals surface area (Å²) < 4.78 is 0. The maximum absolute atomic E-state index is 10.9. The number of rotatable bonds is 2. The van der Waals surface area contributed by atoms with E-state index in [0.29, 0.717) is 5.69 Å². The summed E-state index contributed by atoms with van der Waals surface area (Å²) in [7, 11) is 0. The number of anilines is 1. The highest BCUT2D eigenvalue weighted by atomic mass is 16.6. The van der Waals surface area contributed by atoms with Crippen molar-refractivity contribution in [2.75, 3.05) is 31.1 Å². The third-order valence-electron chi connectivity index (χ3n) is 2.73. The van der Waals surface area contributed by atoms with Crippen molar-refractivity contribution in [1.29, 1.82) is 0 Å². The van der Waals surface area contributed by atoms with E-state index in [-0.39, 0.29) is 10.6 Å². The fourth-order valence-corrected chi connectivity index (χ4v) is 1.85. The lowest BCUT2D eigenvalue weighted by molar-refractivity contribution is -0.384. The van der Waals surface area contributed by atoms with Gasteiger partial charge in [0, 0.05) is 32.2 Å². The molecule has 2 rings (SSSR count). The van der Waals surface area contributed by atoms with Gasteiger partial charge in [-0.3, -0.25) is 16.0 Å². The maximum Gasteiger partial charge on any atom is 0.292 e. The second-order valence-corrected chi connectivity index (χ2v) is 3.77. The summed E-state index contributed by atoms with van der Waals surface area (Å²) in [4.78, 5) is 12.5. The maximum atomic E-state index is 10.9. The topological polar surface area (TPSA) is 75.6 Å². The Morgan fingerprint density at radius 1 is 1.19 bits per heavy atom. The van der Waals surface area contributed by atoms with Crippen molar-refractivity contribution in [3.63, 3.8) is 0 Å². The van der Waals surface area contributed by atoms with Gasteiger partial charge in [-0.2, -0.15) is 0 Å². The number of nitrogens with two attached hydrogens (primary N) is 1. The molecule has 0 saturated carbocycles. The van der Waals surface area contributed by atoms with Crippen molar-refractivity contribution in [2.45, 2.75) is 0 Å². The zero-order valence-corrected chi connectivity index (χ0v) is 8.87. The molecule has 6 nitrogen and oxygen atoms in total. The predicted octanol–water partition coefficient (Wildman–Crippen LogP) is 0.590. The van der Waals surface area contributed by atoms with Crippen molar-refractivity contribution >= 4 is 11.4 Å². The minimum atomic E-state index is -0.343. The van der Waals surface area contributed by atoms with Gasteiger partial charge in [-0.1, -0.05) is 12.1 Å². The molecular weight excluding hydrogens is 208 g/mol. The lowest BCUT2D eigenvalue weighted by Gasteiger charge is -2.33. The SMILES string of the molecule is NN1CCN(c2ccccc2[N+](=O)[O-])CC1. The third kappa shape index (κ3) is 2.12. The molecular formula is C10H14N4O2. The Morgan fingerprint density at radius 3 is 2.44 bits per heavy atom. The Labute approximate surface area is 93.4 Å². The molecule has 6 heteroatoms. The summed E-state index contributed by atoms with van der Waals surface area (Å²) in [5.41, 5.74) is 0.841. The van der Waals surface area contributed by atoms with E-state index in [4.69, 9.17) is 5.84 Å². The molecule has 2 N–H and O–H groups in total. The van der Waals surface area contributed by atoms with Gasteiger partial charge in [0.05, 0.1) is 4.92 Å². The number of piperazine rings is 1. The molecule has 1 aromatic carbocycles. The monoisotopic (exact) mass is 222 g/mol. The fourth-order valence-electron chi connectivity index (χ4n) is 1.85. The molecule has 0 aliphatic carbocycles. The second kappa shape index (κ2) is 4.46. The normalized spacial score (nSPS) is 17.4. The Morgan fingerprint density at radius 2 is 1.81 bits per heavy atom. The van der Waals surface area contributed by atoms with Crippen LogP contribution in [0.15, 0.2) is 24.3 Å². The van der Waals surface area contributed by atoms with Gasteiger partial charge in [0.25, 0.3) is 5.69 Å². The molecule has 0 aromatic heterocycles. The fraction of sp³-hybridized carbons (Fsp3) is 0.400. The van der Waals surface area contributed by atoms with E-state index >= 15 is 0 Å². The molecule has 0 spiro atoms. The molecule has 0 atom stereocenters. The number of para-hydroxylation sites is 2. The van der Waals surface area contributed by atoms with Crippen LogP contribution in [0.4, 0.5) is 11.4 Å². The van der Waals surface area contributed by atoms with E-state index in [0.717, 1.165) is 26.2 Å². The molecule has 0 amide bonds. The van der Waals surface area contributed by atoms with Crippen LogP contribution in [0.2, 0.25) is 0 Å². The smallest absolute Gasteiger partial charge is 0.292 e. The van der Waals surface area contributed by atoms with Crippen LogP contribution in [0.5, 0.6) is 0 Å². The van der Waals surface area contributed by atoms with E-state index in [9.17, 15) is 10.1 Å². The van der Waals surface area contributed by atoms with Crippen molar-refractivity contribution in [3.05, 3.63) is 34.4 Å². The third-order valence-corrected chi connectivity index (χ3v) is 2.73. The quantitative estimate of drug-likeness (QED) is 0.450. The molecule has 1 aromatic rings. The van der Waals surface area contributed by atoms with Gasteiger partial charge >= 0.3 is 0 Å². The zero-order chi connectivity index (χ0) is 11.5. The molecule has 1 aliphatic heterocycles. The number of nitro groups is 1. The van der Waals surface area contributed by atoms with Crippen LogP contribution in [0.25, 0.3) is 0 Å². The van der Waals surface area contributed by atoms with Crippen LogP contribution in [-0.2, 0) is 0 Å². The molecule has 0 radical (unpaired) electrons. The number of hydrogen-bond acceptors (Lipinski definition) is 5.